The molecule has 0 radical (unpaired) electrons. The minimum Gasteiger partial charge on any atom is -0.312 e. The Hall–Kier alpha value is -1.45. The van der Waals surface area contributed by atoms with E-state index in [4.69, 9.17) is 11.6 Å². The SMILES string of the molecule is Fc1ccccc1CCNCc1cccc(Cl)c1F. The van der Waals surface area contributed by atoms with Crippen molar-refractivity contribution in [2.45, 2.75) is 13.0 Å². The van der Waals surface area contributed by atoms with Crippen LogP contribution < -0.4 is 5.32 Å². The molecule has 0 aromatic heterocycles. The molecule has 1 nitrogen and oxygen atoms in total. The molecule has 100 valence electrons. The highest BCUT2D eigenvalue weighted by atomic mass is 35.5. The Morgan fingerprint density at radius 2 is 1.68 bits per heavy atom. The fraction of sp³-hybridized carbons (Fsp3) is 0.200. The van der Waals surface area contributed by atoms with Gasteiger partial charge in [0.1, 0.15) is 11.6 Å². The van der Waals surface area contributed by atoms with Gasteiger partial charge in [-0.2, -0.15) is 0 Å². The van der Waals surface area contributed by atoms with Crippen molar-refractivity contribution in [3.8, 4) is 0 Å². The van der Waals surface area contributed by atoms with Gasteiger partial charge >= 0.3 is 0 Å². The van der Waals surface area contributed by atoms with Gasteiger partial charge in [0.2, 0.25) is 0 Å². The highest BCUT2D eigenvalue weighted by molar-refractivity contribution is 6.30. The Morgan fingerprint density at radius 1 is 0.947 bits per heavy atom. The standard InChI is InChI=1S/C15H14ClF2N/c16-13-6-3-5-12(15(13)18)10-19-9-8-11-4-1-2-7-14(11)17/h1-7,19H,8-10H2. The third-order valence-electron chi connectivity index (χ3n) is 2.88. The highest BCUT2D eigenvalue weighted by Crippen LogP contribution is 2.17. The van der Waals surface area contributed by atoms with Crippen LogP contribution in [-0.4, -0.2) is 6.54 Å². The third kappa shape index (κ3) is 3.75. The molecular weight excluding hydrogens is 268 g/mol. The average Bonchev–Trinajstić information content (AvgIpc) is 2.41. The molecular formula is C15H14ClF2N. The van der Waals surface area contributed by atoms with E-state index in [1.807, 2.05) is 0 Å². The van der Waals surface area contributed by atoms with Gasteiger partial charge in [-0.05, 0) is 30.7 Å². The number of hydrogen-bond acceptors (Lipinski definition) is 1. The molecule has 0 amide bonds. The minimum absolute atomic E-state index is 0.119. The second-order valence-corrected chi connectivity index (χ2v) is 4.64. The van der Waals surface area contributed by atoms with Crippen molar-refractivity contribution in [3.05, 3.63) is 70.2 Å². The van der Waals surface area contributed by atoms with E-state index in [9.17, 15) is 8.78 Å². The summed E-state index contributed by atoms with van der Waals surface area (Å²) in [4.78, 5) is 0. The quantitative estimate of drug-likeness (QED) is 0.818. The monoisotopic (exact) mass is 281 g/mol. The Kier molecular flexibility index (Phi) is 4.88. The van der Waals surface area contributed by atoms with Crippen LogP contribution >= 0.6 is 11.6 Å². The Labute approximate surface area is 116 Å². The Bertz CT molecular complexity index is 558. The lowest BCUT2D eigenvalue weighted by Gasteiger charge is -2.07. The molecule has 0 fully saturated rings. The molecule has 0 saturated carbocycles. The number of nitrogens with one attached hydrogen (secondary N) is 1. The molecule has 4 heteroatoms. The summed E-state index contributed by atoms with van der Waals surface area (Å²) in [5.74, 6) is -0.610. The van der Waals surface area contributed by atoms with Crippen LogP contribution in [0.3, 0.4) is 0 Å². The Balaban J connectivity index is 1.84. The molecule has 2 aromatic rings. The molecule has 0 saturated heterocycles. The van der Waals surface area contributed by atoms with Crippen LogP contribution in [0.25, 0.3) is 0 Å². The van der Waals surface area contributed by atoms with Gasteiger partial charge in [0.25, 0.3) is 0 Å². The van der Waals surface area contributed by atoms with E-state index in [1.165, 1.54) is 12.1 Å². The van der Waals surface area contributed by atoms with Gasteiger partial charge in [0.05, 0.1) is 5.02 Å². The van der Waals surface area contributed by atoms with Crippen LogP contribution in [0.5, 0.6) is 0 Å². The fourth-order valence-corrected chi connectivity index (χ4v) is 2.03. The summed E-state index contributed by atoms with van der Waals surface area (Å²) in [6.07, 6.45) is 0.564. The van der Waals surface area contributed by atoms with Crippen LogP contribution in [0.4, 0.5) is 8.78 Å². The van der Waals surface area contributed by atoms with Crippen molar-refractivity contribution in [2.75, 3.05) is 6.54 Å². The summed E-state index contributed by atoms with van der Waals surface area (Å²) in [6.45, 7) is 0.952. The van der Waals surface area contributed by atoms with E-state index in [1.54, 1.807) is 30.3 Å². The van der Waals surface area contributed by atoms with Gasteiger partial charge in [-0.3, -0.25) is 0 Å². The molecule has 0 unspecified atom stereocenters. The van der Waals surface area contributed by atoms with E-state index in [0.29, 0.717) is 30.6 Å². The molecule has 2 aromatic carbocycles. The molecule has 2 rings (SSSR count). The van der Waals surface area contributed by atoms with Crippen molar-refractivity contribution in [1.82, 2.24) is 5.32 Å². The zero-order chi connectivity index (χ0) is 13.7. The molecule has 0 aliphatic rings. The minimum atomic E-state index is -0.400. The number of benzene rings is 2. The molecule has 0 spiro atoms. The lowest BCUT2D eigenvalue weighted by Crippen LogP contribution is -2.18. The first-order chi connectivity index (χ1) is 9.18. The zero-order valence-corrected chi connectivity index (χ0v) is 11.1. The number of rotatable bonds is 5. The van der Waals surface area contributed by atoms with Gasteiger partial charge in [0.15, 0.2) is 0 Å². The van der Waals surface area contributed by atoms with Crippen LogP contribution in [0.15, 0.2) is 42.5 Å². The molecule has 0 atom stereocenters. The van der Waals surface area contributed by atoms with E-state index in [-0.39, 0.29) is 10.8 Å². The summed E-state index contributed by atoms with van der Waals surface area (Å²) in [5, 5.41) is 3.20. The predicted molar refractivity (Wildman–Crippen MR) is 73.2 cm³/mol. The van der Waals surface area contributed by atoms with E-state index in [2.05, 4.69) is 5.32 Å². The maximum atomic E-state index is 13.6. The van der Waals surface area contributed by atoms with Gasteiger partial charge in [0, 0.05) is 12.1 Å². The van der Waals surface area contributed by atoms with Gasteiger partial charge in [-0.15, -0.1) is 0 Å². The second-order valence-electron chi connectivity index (χ2n) is 4.23. The van der Waals surface area contributed by atoms with E-state index < -0.39 is 5.82 Å². The summed E-state index contributed by atoms with van der Waals surface area (Å²) in [7, 11) is 0. The van der Waals surface area contributed by atoms with Gasteiger partial charge in [-0.1, -0.05) is 41.9 Å². The number of hydrogen-bond donors (Lipinski definition) is 1. The van der Waals surface area contributed by atoms with Crippen LogP contribution in [0, 0.1) is 11.6 Å². The molecule has 0 bridgehead atoms. The molecule has 0 heterocycles. The van der Waals surface area contributed by atoms with Crippen LogP contribution in [0.2, 0.25) is 5.02 Å². The average molecular weight is 282 g/mol. The maximum absolute atomic E-state index is 13.6. The fourth-order valence-electron chi connectivity index (χ4n) is 1.83. The molecule has 19 heavy (non-hydrogen) atoms. The van der Waals surface area contributed by atoms with Crippen LogP contribution in [0.1, 0.15) is 11.1 Å². The molecule has 1 N–H and O–H groups in total. The third-order valence-corrected chi connectivity index (χ3v) is 3.17. The number of halogens is 3. The molecule has 0 aliphatic heterocycles. The lowest BCUT2D eigenvalue weighted by atomic mass is 10.1. The van der Waals surface area contributed by atoms with Crippen molar-refractivity contribution < 1.29 is 8.78 Å². The van der Waals surface area contributed by atoms with Crippen molar-refractivity contribution in [1.29, 1.82) is 0 Å². The van der Waals surface area contributed by atoms with E-state index >= 15 is 0 Å². The maximum Gasteiger partial charge on any atom is 0.146 e. The summed E-state index contributed by atoms with van der Waals surface area (Å²) >= 11 is 5.69. The predicted octanol–water partition coefficient (Wildman–Crippen LogP) is 3.95. The van der Waals surface area contributed by atoms with Crippen molar-refractivity contribution >= 4 is 11.6 Å². The summed E-state index contributed by atoms with van der Waals surface area (Å²) < 4.78 is 26.9. The summed E-state index contributed by atoms with van der Waals surface area (Å²) in [6, 6.07) is 11.5. The van der Waals surface area contributed by atoms with Crippen molar-refractivity contribution in [2.24, 2.45) is 0 Å². The van der Waals surface area contributed by atoms with Gasteiger partial charge in [-0.25, -0.2) is 8.78 Å². The Morgan fingerprint density at radius 3 is 2.47 bits per heavy atom. The highest BCUT2D eigenvalue weighted by Gasteiger charge is 2.05. The first kappa shape index (κ1) is 14.0. The topological polar surface area (TPSA) is 12.0 Å². The first-order valence-corrected chi connectivity index (χ1v) is 6.43. The van der Waals surface area contributed by atoms with E-state index in [0.717, 1.165) is 0 Å². The van der Waals surface area contributed by atoms with Crippen LogP contribution in [-0.2, 0) is 13.0 Å². The van der Waals surface area contributed by atoms with Gasteiger partial charge < -0.3 is 5.32 Å². The normalized spacial score (nSPS) is 10.7. The summed E-state index contributed by atoms with van der Waals surface area (Å²) in [5.41, 5.74) is 1.17. The van der Waals surface area contributed by atoms with Crippen molar-refractivity contribution in [3.63, 3.8) is 0 Å². The second kappa shape index (κ2) is 6.64. The first-order valence-electron chi connectivity index (χ1n) is 6.05. The molecule has 0 aliphatic carbocycles. The zero-order valence-electron chi connectivity index (χ0n) is 10.3. The smallest absolute Gasteiger partial charge is 0.146 e. The largest absolute Gasteiger partial charge is 0.312 e. The lowest BCUT2D eigenvalue weighted by molar-refractivity contribution is 0.578.